The molecule has 0 radical (unpaired) electrons. The number of nitrogens with zero attached hydrogens (tertiary/aromatic N) is 1. The van der Waals surface area contributed by atoms with E-state index in [9.17, 15) is 9.50 Å². The normalized spacial score (nSPS) is 13.4. The van der Waals surface area contributed by atoms with E-state index in [2.05, 4.69) is 11.1 Å². The van der Waals surface area contributed by atoms with Gasteiger partial charge < -0.3 is 9.84 Å². The van der Waals surface area contributed by atoms with Crippen LogP contribution >= 0.6 is 0 Å². The van der Waals surface area contributed by atoms with Gasteiger partial charge in [0.25, 0.3) is 0 Å². The predicted molar refractivity (Wildman–Crippen MR) is 68.7 cm³/mol. The Bertz CT molecular complexity index is 613. The van der Waals surface area contributed by atoms with Crippen molar-refractivity contribution in [2.24, 2.45) is 0 Å². The summed E-state index contributed by atoms with van der Waals surface area (Å²) in [6.45, 7) is -0.301. The Labute approximate surface area is 110 Å². The standard InChI is InChI=1S/C15H14FNO2/c16-13-6-12(9-18)15(17-8-13)19-14-5-4-10-2-1-3-11(10)7-14/h4-8,18H,1-3,9H2. The molecule has 19 heavy (non-hydrogen) atoms. The summed E-state index contributed by atoms with van der Waals surface area (Å²) in [7, 11) is 0. The Morgan fingerprint density at radius 2 is 2.05 bits per heavy atom. The SMILES string of the molecule is OCc1cc(F)cnc1Oc1ccc2c(c1)CCC2. The van der Waals surface area contributed by atoms with Gasteiger partial charge in [0, 0.05) is 5.56 Å². The molecule has 1 N–H and O–H groups in total. The van der Waals surface area contributed by atoms with Crippen molar-refractivity contribution in [1.82, 2.24) is 4.98 Å². The van der Waals surface area contributed by atoms with Gasteiger partial charge in [-0.3, -0.25) is 0 Å². The Balaban J connectivity index is 1.89. The molecule has 0 aliphatic heterocycles. The molecule has 3 nitrogen and oxygen atoms in total. The van der Waals surface area contributed by atoms with Crippen LogP contribution in [0.2, 0.25) is 0 Å². The van der Waals surface area contributed by atoms with E-state index in [-0.39, 0.29) is 12.5 Å². The third-order valence-corrected chi connectivity index (χ3v) is 3.35. The van der Waals surface area contributed by atoms with Gasteiger partial charge in [0.15, 0.2) is 0 Å². The van der Waals surface area contributed by atoms with Crippen LogP contribution < -0.4 is 4.74 Å². The number of hydrogen-bond donors (Lipinski definition) is 1. The van der Waals surface area contributed by atoms with Crippen LogP contribution in [0.1, 0.15) is 23.1 Å². The average molecular weight is 259 g/mol. The van der Waals surface area contributed by atoms with Crippen LogP contribution in [0, 0.1) is 5.82 Å². The van der Waals surface area contributed by atoms with Gasteiger partial charge in [-0.25, -0.2) is 9.37 Å². The first-order valence-electron chi connectivity index (χ1n) is 6.31. The van der Waals surface area contributed by atoms with Crippen LogP contribution in [0.5, 0.6) is 11.6 Å². The van der Waals surface area contributed by atoms with Crippen LogP contribution in [-0.2, 0) is 19.4 Å². The van der Waals surface area contributed by atoms with Gasteiger partial charge in [-0.15, -0.1) is 0 Å². The third-order valence-electron chi connectivity index (χ3n) is 3.35. The number of halogens is 1. The molecule has 4 heteroatoms. The Hall–Kier alpha value is -1.94. The molecule has 0 atom stereocenters. The number of aromatic nitrogens is 1. The molecule has 98 valence electrons. The largest absolute Gasteiger partial charge is 0.439 e. The number of benzene rings is 1. The average Bonchev–Trinajstić information content (AvgIpc) is 2.88. The monoisotopic (exact) mass is 259 g/mol. The lowest BCUT2D eigenvalue weighted by molar-refractivity contribution is 0.274. The lowest BCUT2D eigenvalue weighted by Crippen LogP contribution is -1.96. The Morgan fingerprint density at radius 1 is 1.21 bits per heavy atom. The van der Waals surface area contributed by atoms with Crippen LogP contribution in [0.25, 0.3) is 0 Å². The fourth-order valence-corrected chi connectivity index (χ4v) is 2.40. The van der Waals surface area contributed by atoms with Gasteiger partial charge in [0.1, 0.15) is 11.6 Å². The minimum atomic E-state index is -0.481. The molecule has 0 saturated heterocycles. The predicted octanol–water partition coefficient (Wildman–Crippen LogP) is 2.99. The van der Waals surface area contributed by atoms with Gasteiger partial charge >= 0.3 is 0 Å². The maximum Gasteiger partial charge on any atom is 0.224 e. The van der Waals surface area contributed by atoms with E-state index in [1.54, 1.807) is 0 Å². The van der Waals surface area contributed by atoms with E-state index in [1.807, 2.05) is 12.1 Å². The van der Waals surface area contributed by atoms with E-state index >= 15 is 0 Å². The zero-order valence-corrected chi connectivity index (χ0v) is 10.4. The van der Waals surface area contributed by atoms with E-state index in [1.165, 1.54) is 23.6 Å². The summed E-state index contributed by atoms with van der Waals surface area (Å²) in [5.41, 5.74) is 3.01. The highest BCUT2D eigenvalue weighted by Crippen LogP contribution is 2.29. The maximum atomic E-state index is 13.0. The molecule has 0 bridgehead atoms. The first kappa shape index (κ1) is 12.1. The molecular formula is C15H14FNO2. The summed E-state index contributed by atoms with van der Waals surface area (Å²) in [6, 6.07) is 7.17. The second-order valence-corrected chi connectivity index (χ2v) is 4.66. The van der Waals surface area contributed by atoms with Crippen LogP contribution in [0.4, 0.5) is 4.39 Å². The second kappa shape index (κ2) is 4.97. The molecule has 0 amide bonds. The van der Waals surface area contributed by atoms with E-state index in [4.69, 9.17) is 4.74 Å². The Kier molecular flexibility index (Phi) is 3.17. The maximum absolute atomic E-state index is 13.0. The van der Waals surface area contributed by atoms with Crippen LogP contribution in [-0.4, -0.2) is 10.1 Å². The van der Waals surface area contributed by atoms with E-state index in [0.717, 1.165) is 19.0 Å². The number of fused-ring (bicyclic) bond motifs is 1. The highest BCUT2D eigenvalue weighted by atomic mass is 19.1. The highest BCUT2D eigenvalue weighted by Gasteiger charge is 2.13. The number of aliphatic hydroxyl groups is 1. The quantitative estimate of drug-likeness (QED) is 0.921. The summed E-state index contributed by atoms with van der Waals surface area (Å²) in [5, 5.41) is 9.19. The first-order chi connectivity index (χ1) is 9.26. The molecule has 0 saturated carbocycles. The van der Waals surface area contributed by atoms with Crippen molar-refractivity contribution in [3.8, 4) is 11.6 Å². The van der Waals surface area contributed by atoms with Crippen molar-refractivity contribution in [2.45, 2.75) is 25.9 Å². The molecule has 1 aliphatic rings. The second-order valence-electron chi connectivity index (χ2n) is 4.66. The van der Waals surface area contributed by atoms with Crippen molar-refractivity contribution in [3.05, 3.63) is 53.0 Å². The summed E-state index contributed by atoms with van der Waals surface area (Å²) in [5.74, 6) is 0.446. The smallest absolute Gasteiger partial charge is 0.224 e. The van der Waals surface area contributed by atoms with Gasteiger partial charge in [-0.2, -0.15) is 0 Å². The number of aliphatic hydroxyl groups excluding tert-OH is 1. The van der Waals surface area contributed by atoms with E-state index in [0.29, 0.717) is 11.3 Å². The third kappa shape index (κ3) is 2.44. The summed E-state index contributed by atoms with van der Waals surface area (Å²) in [6.07, 6.45) is 4.44. The topological polar surface area (TPSA) is 42.4 Å². The number of ether oxygens (including phenoxy) is 1. The zero-order chi connectivity index (χ0) is 13.2. The molecule has 1 heterocycles. The molecule has 1 aromatic heterocycles. The summed E-state index contributed by atoms with van der Waals surface area (Å²) in [4.78, 5) is 3.88. The highest BCUT2D eigenvalue weighted by molar-refractivity contribution is 5.40. The first-order valence-corrected chi connectivity index (χ1v) is 6.31. The van der Waals surface area contributed by atoms with Gasteiger partial charge in [-0.1, -0.05) is 6.07 Å². The summed E-state index contributed by atoms with van der Waals surface area (Å²) < 4.78 is 18.7. The molecule has 2 aromatic rings. The fraction of sp³-hybridized carbons (Fsp3) is 0.267. The molecule has 0 spiro atoms. The lowest BCUT2D eigenvalue weighted by atomic mass is 10.1. The summed E-state index contributed by atoms with van der Waals surface area (Å²) >= 11 is 0. The van der Waals surface area contributed by atoms with Crippen LogP contribution in [0.15, 0.2) is 30.5 Å². The molecule has 0 unspecified atom stereocenters. The Morgan fingerprint density at radius 3 is 2.89 bits per heavy atom. The van der Waals surface area contributed by atoms with Crippen molar-refractivity contribution >= 4 is 0 Å². The van der Waals surface area contributed by atoms with Crippen LogP contribution in [0.3, 0.4) is 0 Å². The lowest BCUT2D eigenvalue weighted by Gasteiger charge is -2.09. The number of pyridine rings is 1. The number of hydrogen-bond acceptors (Lipinski definition) is 3. The molecule has 1 aliphatic carbocycles. The molecule has 1 aromatic carbocycles. The zero-order valence-electron chi connectivity index (χ0n) is 10.4. The van der Waals surface area contributed by atoms with Gasteiger partial charge in [0.05, 0.1) is 12.8 Å². The van der Waals surface area contributed by atoms with Crippen molar-refractivity contribution in [2.75, 3.05) is 0 Å². The molecular weight excluding hydrogens is 245 g/mol. The van der Waals surface area contributed by atoms with Crippen molar-refractivity contribution in [1.29, 1.82) is 0 Å². The van der Waals surface area contributed by atoms with Crippen molar-refractivity contribution in [3.63, 3.8) is 0 Å². The van der Waals surface area contributed by atoms with Crippen molar-refractivity contribution < 1.29 is 14.2 Å². The minimum absolute atomic E-state index is 0.252. The number of aryl methyl sites for hydroxylation is 2. The fourth-order valence-electron chi connectivity index (χ4n) is 2.40. The van der Waals surface area contributed by atoms with E-state index < -0.39 is 5.82 Å². The number of rotatable bonds is 3. The van der Waals surface area contributed by atoms with Gasteiger partial charge in [0.2, 0.25) is 5.88 Å². The molecule has 3 rings (SSSR count). The van der Waals surface area contributed by atoms with Gasteiger partial charge in [-0.05, 0) is 48.6 Å². The minimum Gasteiger partial charge on any atom is -0.439 e. The molecule has 0 fully saturated rings.